The number of benzene rings is 2. The number of nitrogens with one attached hydrogen (secondary N) is 3. The fourth-order valence-corrected chi connectivity index (χ4v) is 3.83. The number of sulfonamides is 1. The van der Waals surface area contributed by atoms with Crippen LogP contribution in [0.5, 0.6) is 0 Å². The molecule has 0 spiro atoms. The first-order valence-electron chi connectivity index (χ1n) is 8.40. The molecule has 2 aromatic rings. The number of aliphatic hydroxyl groups is 1. The molecule has 27 heavy (non-hydrogen) atoms. The van der Waals surface area contributed by atoms with E-state index in [1.54, 1.807) is 0 Å². The zero-order valence-corrected chi connectivity index (χ0v) is 15.2. The SMILES string of the molecule is O=C(NCC1CNCC1O)c1ccc(S(=O)(=O)Nc2ccc(F)cc2)cc1. The van der Waals surface area contributed by atoms with Crippen molar-refractivity contribution in [3.63, 3.8) is 0 Å². The van der Waals surface area contributed by atoms with Gasteiger partial charge < -0.3 is 15.7 Å². The lowest BCUT2D eigenvalue weighted by atomic mass is 10.1. The van der Waals surface area contributed by atoms with Gasteiger partial charge in [-0.1, -0.05) is 0 Å². The standard InChI is InChI=1S/C18H20FN3O4S/c19-14-3-5-15(6-4-14)22-27(25,26)16-7-1-12(2-8-16)18(24)21-10-13-9-20-11-17(13)23/h1-8,13,17,20,22-23H,9-11H2,(H,21,24). The van der Waals surface area contributed by atoms with E-state index in [1.165, 1.54) is 36.4 Å². The van der Waals surface area contributed by atoms with Gasteiger partial charge in [-0.25, -0.2) is 12.8 Å². The van der Waals surface area contributed by atoms with E-state index in [0.29, 0.717) is 25.2 Å². The maximum atomic E-state index is 12.9. The fourth-order valence-electron chi connectivity index (χ4n) is 2.77. The van der Waals surface area contributed by atoms with E-state index < -0.39 is 21.9 Å². The van der Waals surface area contributed by atoms with Crippen LogP contribution >= 0.6 is 0 Å². The van der Waals surface area contributed by atoms with Crippen molar-refractivity contribution in [1.29, 1.82) is 0 Å². The lowest BCUT2D eigenvalue weighted by Crippen LogP contribution is -2.34. The number of anilines is 1. The van der Waals surface area contributed by atoms with E-state index in [-0.39, 0.29) is 22.4 Å². The minimum Gasteiger partial charge on any atom is -0.391 e. The second kappa shape index (κ2) is 8.03. The van der Waals surface area contributed by atoms with Crippen molar-refractivity contribution in [3.8, 4) is 0 Å². The molecule has 1 amide bonds. The van der Waals surface area contributed by atoms with Gasteiger partial charge in [0.05, 0.1) is 11.0 Å². The Labute approximate surface area is 156 Å². The average molecular weight is 393 g/mol. The van der Waals surface area contributed by atoms with Crippen LogP contribution < -0.4 is 15.4 Å². The van der Waals surface area contributed by atoms with Crippen LogP contribution in [0.25, 0.3) is 0 Å². The van der Waals surface area contributed by atoms with Crippen LogP contribution in [-0.2, 0) is 10.0 Å². The summed E-state index contributed by atoms with van der Waals surface area (Å²) in [4.78, 5) is 12.2. The predicted molar refractivity (Wildman–Crippen MR) is 98.4 cm³/mol. The summed E-state index contributed by atoms with van der Waals surface area (Å²) in [6, 6.07) is 10.4. The Morgan fingerprint density at radius 2 is 1.78 bits per heavy atom. The number of halogens is 1. The molecule has 0 aliphatic carbocycles. The molecule has 7 nitrogen and oxygen atoms in total. The van der Waals surface area contributed by atoms with Crippen LogP contribution in [0.3, 0.4) is 0 Å². The second-order valence-electron chi connectivity index (χ2n) is 6.33. The van der Waals surface area contributed by atoms with Crippen LogP contribution in [-0.4, -0.2) is 45.2 Å². The Kier molecular flexibility index (Phi) is 5.73. The summed E-state index contributed by atoms with van der Waals surface area (Å²) in [6.07, 6.45) is -0.490. The molecule has 0 bridgehead atoms. The second-order valence-corrected chi connectivity index (χ2v) is 8.01. The summed E-state index contributed by atoms with van der Waals surface area (Å²) >= 11 is 0. The highest BCUT2D eigenvalue weighted by Gasteiger charge is 2.25. The van der Waals surface area contributed by atoms with Gasteiger partial charge in [0.25, 0.3) is 15.9 Å². The molecule has 2 atom stereocenters. The number of rotatable bonds is 6. The van der Waals surface area contributed by atoms with Crippen LogP contribution in [0, 0.1) is 11.7 Å². The van der Waals surface area contributed by atoms with Gasteiger partial charge in [-0.05, 0) is 48.5 Å². The van der Waals surface area contributed by atoms with E-state index in [0.717, 1.165) is 12.1 Å². The Bertz CT molecular complexity index is 901. The van der Waals surface area contributed by atoms with Crippen LogP contribution in [0.1, 0.15) is 10.4 Å². The lowest BCUT2D eigenvalue weighted by Gasteiger charge is -2.14. The van der Waals surface area contributed by atoms with E-state index in [4.69, 9.17) is 0 Å². The first kappa shape index (κ1) is 19.3. The molecule has 9 heteroatoms. The molecule has 0 radical (unpaired) electrons. The largest absolute Gasteiger partial charge is 0.391 e. The summed E-state index contributed by atoms with van der Waals surface area (Å²) in [7, 11) is -3.85. The lowest BCUT2D eigenvalue weighted by molar-refractivity contribution is 0.0927. The highest BCUT2D eigenvalue weighted by atomic mass is 32.2. The summed E-state index contributed by atoms with van der Waals surface area (Å²) < 4.78 is 40.0. The van der Waals surface area contributed by atoms with Crippen molar-refractivity contribution in [2.75, 3.05) is 24.4 Å². The van der Waals surface area contributed by atoms with Gasteiger partial charge in [-0.3, -0.25) is 9.52 Å². The number of aliphatic hydroxyl groups excluding tert-OH is 1. The molecule has 0 aromatic heterocycles. The Balaban J connectivity index is 1.63. The summed E-state index contributed by atoms with van der Waals surface area (Å²) in [5, 5.41) is 15.5. The highest BCUT2D eigenvalue weighted by molar-refractivity contribution is 7.92. The number of hydrogen-bond donors (Lipinski definition) is 4. The first-order chi connectivity index (χ1) is 12.8. The normalized spacial score (nSPS) is 19.6. The molecule has 2 unspecified atom stereocenters. The fraction of sp³-hybridized carbons (Fsp3) is 0.278. The molecule has 144 valence electrons. The summed E-state index contributed by atoms with van der Waals surface area (Å²) in [5.74, 6) is -0.854. The number of hydrogen-bond acceptors (Lipinski definition) is 5. The van der Waals surface area contributed by atoms with Gasteiger partial charge >= 0.3 is 0 Å². The van der Waals surface area contributed by atoms with Gasteiger partial charge in [0.1, 0.15) is 5.82 Å². The van der Waals surface area contributed by atoms with Gasteiger partial charge in [0.15, 0.2) is 0 Å². The maximum Gasteiger partial charge on any atom is 0.261 e. The molecule has 1 aliphatic rings. The van der Waals surface area contributed by atoms with Crippen molar-refractivity contribution >= 4 is 21.6 Å². The van der Waals surface area contributed by atoms with Gasteiger partial charge in [0, 0.05) is 36.8 Å². The molecule has 4 N–H and O–H groups in total. The minimum atomic E-state index is -3.85. The highest BCUT2D eigenvalue weighted by Crippen LogP contribution is 2.17. The Morgan fingerprint density at radius 3 is 2.37 bits per heavy atom. The van der Waals surface area contributed by atoms with E-state index in [2.05, 4.69) is 15.4 Å². The van der Waals surface area contributed by atoms with Crippen molar-refractivity contribution < 1.29 is 22.7 Å². The topological polar surface area (TPSA) is 108 Å². The third-order valence-corrected chi connectivity index (χ3v) is 5.75. The number of carbonyl (C=O) groups excluding carboxylic acids is 1. The zero-order valence-electron chi connectivity index (χ0n) is 14.4. The average Bonchev–Trinajstić information content (AvgIpc) is 3.06. The molecule has 3 rings (SSSR count). The molecule has 1 heterocycles. The zero-order chi connectivity index (χ0) is 19.4. The predicted octanol–water partition coefficient (Wildman–Crippen LogP) is 0.937. The number of β-amino-alcohol motifs (C(OH)–C–C–N with tert-alkyl or cyclic N) is 1. The third kappa shape index (κ3) is 4.82. The van der Waals surface area contributed by atoms with Crippen molar-refractivity contribution in [2.24, 2.45) is 5.92 Å². The number of amides is 1. The van der Waals surface area contributed by atoms with E-state index in [1.807, 2.05) is 0 Å². The summed E-state index contributed by atoms with van der Waals surface area (Å²) in [6.45, 7) is 1.47. The van der Waals surface area contributed by atoms with Gasteiger partial charge in [-0.15, -0.1) is 0 Å². The first-order valence-corrected chi connectivity index (χ1v) is 9.89. The molecule has 1 aliphatic heterocycles. The van der Waals surface area contributed by atoms with Crippen LogP contribution in [0.15, 0.2) is 53.4 Å². The van der Waals surface area contributed by atoms with Crippen LogP contribution in [0.2, 0.25) is 0 Å². The smallest absolute Gasteiger partial charge is 0.261 e. The molecule has 1 saturated heterocycles. The van der Waals surface area contributed by atoms with Crippen molar-refractivity contribution in [2.45, 2.75) is 11.0 Å². The molecule has 0 saturated carbocycles. The minimum absolute atomic E-state index is 0.0150. The number of carbonyl (C=O) groups is 1. The quantitative estimate of drug-likeness (QED) is 0.584. The van der Waals surface area contributed by atoms with Crippen molar-refractivity contribution in [3.05, 3.63) is 59.9 Å². The summed E-state index contributed by atoms with van der Waals surface area (Å²) in [5.41, 5.74) is 0.554. The van der Waals surface area contributed by atoms with Gasteiger partial charge in [-0.2, -0.15) is 0 Å². The molecular weight excluding hydrogens is 373 g/mol. The third-order valence-electron chi connectivity index (χ3n) is 4.35. The van der Waals surface area contributed by atoms with E-state index in [9.17, 15) is 22.7 Å². The maximum absolute atomic E-state index is 12.9. The van der Waals surface area contributed by atoms with Crippen molar-refractivity contribution in [1.82, 2.24) is 10.6 Å². The molecule has 2 aromatic carbocycles. The van der Waals surface area contributed by atoms with E-state index >= 15 is 0 Å². The Morgan fingerprint density at radius 1 is 1.11 bits per heavy atom. The van der Waals surface area contributed by atoms with Crippen LogP contribution in [0.4, 0.5) is 10.1 Å². The monoisotopic (exact) mass is 393 g/mol. The van der Waals surface area contributed by atoms with Gasteiger partial charge in [0.2, 0.25) is 0 Å². The molecule has 1 fully saturated rings. The Hall–Kier alpha value is -2.49. The molecular formula is C18H20FN3O4S.